The third-order valence-electron chi connectivity index (χ3n) is 3.07. The van der Waals surface area contributed by atoms with Crippen molar-refractivity contribution in [2.75, 3.05) is 5.32 Å². The molecule has 0 atom stereocenters. The molecule has 2 aromatic rings. The monoisotopic (exact) mass is 326 g/mol. The van der Waals surface area contributed by atoms with E-state index in [0.29, 0.717) is 12.0 Å². The molecule has 0 saturated heterocycles. The third kappa shape index (κ3) is 4.70. The molecule has 1 aromatic carbocycles. The van der Waals surface area contributed by atoms with E-state index in [4.69, 9.17) is 0 Å². The molecule has 0 aliphatic rings. The van der Waals surface area contributed by atoms with Gasteiger partial charge in [0.05, 0.1) is 0 Å². The first kappa shape index (κ1) is 16.8. The Morgan fingerprint density at radius 1 is 1.30 bits per heavy atom. The zero-order chi connectivity index (χ0) is 17.0. The maximum absolute atomic E-state index is 12.3. The van der Waals surface area contributed by atoms with Crippen LogP contribution in [-0.4, -0.2) is 17.3 Å². The number of hydrogen-bond donors (Lipinski definition) is 1. The molecule has 0 aliphatic carbocycles. The number of alkyl halides is 3. The van der Waals surface area contributed by atoms with Gasteiger partial charge in [-0.2, -0.15) is 0 Å². The highest BCUT2D eigenvalue weighted by Gasteiger charge is 2.31. The van der Waals surface area contributed by atoms with Gasteiger partial charge in [-0.15, -0.1) is 13.2 Å². The van der Waals surface area contributed by atoms with Gasteiger partial charge in [0, 0.05) is 18.9 Å². The number of rotatable bonds is 4. The van der Waals surface area contributed by atoms with E-state index in [2.05, 4.69) is 15.0 Å². The molecule has 0 saturated carbocycles. The van der Waals surface area contributed by atoms with E-state index in [1.165, 1.54) is 25.1 Å². The quantitative estimate of drug-likeness (QED) is 0.909. The maximum Gasteiger partial charge on any atom is 0.573 e. The smallest absolute Gasteiger partial charge is 0.405 e. The summed E-state index contributed by atoms with van der Waals surface area (Å²) < 4.78 is 41.0. The number of anilines is 1. The number of aromatic nitrogens is 1. The Morgan fingerprint density at radius 3 is 2.70 bits per heavy atom. The predicted molar refractivity (Wildman–Crippen MR) is 81.5 cm³/mol. The van der Waals surface area contributed by atoms with Crippen LogP contribution in [0.2, 0.25) is 0 Å². The van der Waals surface area contributed by atoms with Crippen molar-refractivity contribution in [3.63, 3.8) is 0 Å². The van der Waals surface area contributed by atoms with Crippen LogP contribution in [0, 0.1) is 6.92 Å². The van der Waals surface area contributed by atoms with E-state index in [9.17, 15) is 18.0 Å². The van der Waals surface area contributed by atoms with Gasteiger partial charge in [-0.1, -0.05) is 19.1 Å². The number of carbonyl (C=O) groups excluding carboxylic acids is 1. The zero-order valence-corrected chi connectivity index (χ0v) is 12.6. The first-order valence-electron chi connectivity index (χ1n) is 6.92. The molecule has 1 heterocycles. The maximum atomic E-state index is 12.3. The van der Waals surface area contributed by atoms with Crippen molar-refractivity contribution in [2.24, 2.45) is 0 Å². The third-order valence-corrected chi connectivity index (χ3v) is 3.07. The SMILES string of the molecule is CCc1cccc(C(=O)Nc2ccc(C)c(OC(F)(F)F)c2)n1.[HH]. The van der Waals surface area contributed by atoms with Crippen LogP contribution in [0.25, 0.3) is 0 Å². The standard InChI is InChI=1S/C16H15F3N2O2.H2/c1-3-11-5-4-6-13(20-11)15(22)21-12-8-7-10(2)14(9-12)23-16(17,18)19;/h4-9H,3H2,1-2H3,(H,21,22);1H. The van der Waals surface area contributed by atoms with Gasteiger partial charge in [0.25, 0.3) is 5.91 Å². The van der Waals surface area contributed by atoms with E-state index < -0.39 is 12.3 Å². The number of halogens is 3. The summed E-state index contributed by atoms with van der Waals surface area (Å²) in [5.41, 5.74) is 1.46. The Balaban J connectivity index is 0.00000288. The van der Waals surface area contributed by atoms with Gasteiger partial charge in [0.2, 0.25) is 0 Å². The first-order chi connectivity index (χ1) is 10.8. The topological polar surface area (TPSA) is 51.2 Å². The lowest BCUT2D eigenvalue weighted by molar-refractivity contribution is -0.274. The van der Waals surface area contributed by atoms with Gasteiger partial charge < -0.3 is 10.1 Å². The second-order valence-electron chi connectivity index (χ2n) is 4.85. The summed E-state index contributed by atoms with van der Waals surface area (Å²) in [4.78, 5) is 16.3. The van der Waals surface area contributed by atoms with Gasteiger partial charge in [-0.3, -0.25) is 4.79 Å². The van der Waals surface area contributed by atoms with E-state index in [0.717, 1.165) is 11.8 Å². The van der Waals surface area contributed by atoms with Crippen LogP contribution in [0.3, 0.4) is 0 Å². The molecule has 124 valence electrons. The Morgan fingerprint density at radius 2 is 2.04 bits per heavy atom. The van der Waals surface area contributed by atoms with E-state index in [1.807, 2.05) is 6.92 Å². The van der Waals surface area contributed by atoms with Crippen LogP contribution in [0.15, 0.2) is 36.4 Å². The Bertz CT molecular complexity index is 721. The van der Waals surface area contributed by atoms with E-state index in [1.54, 1.807) is 12.1 Å². The second-order valence-corrected chi connectivity index (χ2v) is 4.85. The molecule has 0 aliphatic heterocycles. The minimum Gasteiger partial charge on any atom is -0.405 e. The summed E-state index contributed by atoms with van der Waals surface area (Å²) >= 11 is 0. The fourth-order valence-electron chi connectivity index (χ4n) is 1.91. The van der Waals surface area contributed by atoms with Crippen LogP contribution in [0.5, 0.6) is 5.75 Å². The number of nitrogens with zero attached hydrogens (tertiary/aromatic N) is 1. The van der Waals surface area contributed by atoms with Crippen molar-refractivity contribution in [3.8, 4) is 5.75 Å². The largest absolute Gasteiger partial charge is 0.573 e. The lowest BCUT2D eigenvalue weighted by Crippen LogP contribution is -2.18. The van der Waals surface area contributed by atoms with Crippen LogP contribution in [-0.2, 0) is 6.42 Å². The number of amides is 1. The minimum absolute atomic E-state index is 0. The summed E-state index contributed by atoms with van der Waals surface area (Å²) in [6.45, 7) is 3.39. The molecule has 0 spiro atoms. The van der Waals surface area contributed by atoms with Crippen molar-refractivity contribution in [3.05, 3.63) is 53.3 Å². The molecule has 0 radical (unpaired) electrons. The average molecular weight is 326 g/mol. The summed E-state index contributed by atoms with van der Waals surface area (Å²) in [7, 11) is 0. The molecule has 4 nitrogen and oxygen atoms in total. The highest BCUT2D eigenvalue weighted by Crippen LogP contribution is 2.28. The molecular weight excluding hydrogens is 309 g/mol. The molecule has 0 unspecified atom stereocenters. The number of pyridine rings is 1. The normalized spacial score (nSPS) is 11.2. The Kier molecular flexibility index (Phi) is 4.88. The van der Waals surface area contributed by atoms with Gasteiger partial charge in [-0.05, 0) is 37.1 Å². The minimum atomic E-state index is -4.79. The number of carbonyl (C=O) groups is 1. The van der Waals surface area contributed by atoms with Gasteiger partial charge >= 0.3 is 6.36 Å². The van der Waals surface area contributed by atoms with Crippen LogP contribution in [0.1, 0.15) is 30.1 Å². The molecular formula is C16H17F3N2O2. The van der Waals surface area contributed by atoms with Gasteiger partial charge in [0.1, 0.15) is 11.4 Å². The molecule has 0 fully saturated rings. The van der Waals surface area contributed by atoms with Crippen molar-refractivity contribution < 1.29 is 24.1 Å². The molecule has 23 heavy (non-hydrogen) atoms. The van der Waals surface area contributed by atoms with Crippen molar-refractivity contribution in [1.82, 2.24) is 4.98 Å². The lowest BCUT2D eigenvalue weighted by atomic mass is 10.2. The molecule has 7 heteroatoms. The Labute approximate surface area is 132 Å². The molecule has 1 amide bonds. The number of ether oxygens (including phenoxy) is 1. The van der Waals surface area contributed by atoms with Crippen LogP contribution in [0.4, 0.5) is 18.9 Å². The lowest BCUT2D eigenvalue weighted by Gasteiger charge is -2.13. The van der Waals surface area contributed by atoms with E-state index >= 15 is 0 Å². The number of nitrogens with one attached hydrogen (secondary N) is 1. The fraction of sp³-hybridized carbons (Fsp3) is 0.250. The fourth-order valence-corrected chi connectivity index (χ4v) is 1.91. The first-order valence-corrected chi connectivity index (χ1v) is 6.92. The van der Waals surface area contributed by atoms with Crippen LogP contribution < -0.4 is 10.1 Å². The molecule has 1 aromatic heterocycles. The van der Waals surface area contributed by atoms with Crippen molar-refractivity contribution >= 4 is 11.6 Å². The average Bonchev–Trinajstić information content (AvgIpc) is 2.49. The van der Waals surface area contributed by atoms with Crippen LogP contribution >= 0.6 is 0 Å². The van der Waals surface area contributed by atoms with Crippen molar-refractivity contribution in [1.29, 1.82) is 0 Å². The predicted octanol–water partition coefficient (Wildman–Crippen LogP) is 4.35. The second kappa shape index (κ2) is 6.68. The zero-order valence-electron chi connectivity index (χ0n) is 12.6. The van der Waals surface area contributed by atoms with E-state index in [-0.39, 0.29) is 18.6 Å². The molecule has 1 N–H and O–H groups in total. The summed E-state index contributed by atoms with van der Waals surface area (Å²) in [5.74, 6) is -0.854. The van der Waals surface area contributed by atoms with Crippen molar-refractivity contribution in [2.45, 2.75) is 26.6 Å². The van der Waals surface area contributed by atoms with Gasteiger partial charge in [-0.25, -0.2) is 4.98 Å². The summed E-state index contributed by atoms with van der Waals surface area (Å²) in [6.07, 6.45) is -4.11. The highest BCUT2D eigenvalue weighted by molar-refractivity contribution is 6.03. The highest BCUT2D eigenvalue weighted by atomic mass is 19.4. The summed E-state index contributed by atoms with van der Waals surface area (Å²) in [6, 6.07) is 9.10. The summed E-state index contributed by atoms with van der Waals surface area (Å²) in [5, 5.41) is 2.51. The Hall–Kier alpha value is -2.57. The number of aryl methyl sites for hydroxylation is 2. The molecule has 2 rings (SSSR count). The molecule has 0 bridgehead atoms. The number of benzene rings is 1. The number of hydrogen-bond acceptors (Lipinski definition) is 3. The van der Waals surface area contributed by atoms with Gasteiger partial charge in [0.15, 0.2) is 0 Å².